The molecule has 1 N–H and O–H groups in total. The number of allylic oxidation sites excluding steroid dienone is 1. The molecule has 16 heavy (non-hydrogen) atoms. The fourth-order valence-electron chi connectivity index (χ4n) is 0.815. The average molecular weight is 232 g/mol. The summed E-state index contributed by atoms with van der Waals surface area (Å²) in [5.74, 6) is -0.539. The van der Waals surface area contributed by atoms with Gasteiger partial charge in [-0.25, -0.2) is 4.79 Å². The Balaban J connectivity index is 3.58. The van der Waals surface area contributed by atoms with Crippen molar-refractivity contribution in [1.29, 1.82) is 0 Å². The Bertz CT molecular complexity index is 224. The molecule has 0 aromatic rings. The monoisotopic (exact) mass is 232 g/mol. The number of hydrogen-bond donors (Lipinski definition) is 1. The minimum atomic E-state index is -1.23. The Hall–Kier alpha value is -0.910. The lowest BCUT2D eigenvalue weighted by Crippen LogP contribution is -2.24. The van der Waals surface area contributed by atoms with E-state index in [1.807, 2.05) is 6.92 Å². The lowest BCUT2D eigenvalue weighted by Gasteiger charge is -2.12. The van der Waals surface area contributed by atoms with Crippen molar-refractivity contribution in [2.24, 2.45) is 0 Å². The molecule has 0 rings (SSSR count). The van der Waals surface area contributed by atoms with Crippen LogP contribution in [-0.2, 0) is 19.0 Å². The van der Waals surface area contributed by atoms with Gasteiger partial charge in [-0.15, -0.1) is 0 Å². The predicted molar refractivity (Wildman–Crippen MR) is 58.8 cm³/mol. The Kier molecular flexibility index (Phi) is 8.80. The standard InChI is InChI=1S/C11H20O5/c1-4-9(3)11(13)16-10(12)8-15-7-6-14-5-2/h4,10,12H,5-8H2,1-3H3/b9-4+. The van der Waals surface area contributed by atoms with Crippen molar-refractivity contribution < 1.29 is 24.1 Å². The first-order valence-electron chi connectivity index (χ1n) is 5.29. The Labute approximate surface area is 96.0 Å². The Morgan fingerprint density at radius 3 is 2.56 bits per heavy atom. The average Bonchev–Trinajstić information content (AvgIpc) is 2.27. The molecule has 5 nitrogen and oxygen atoms in total. The van der Waals surface area contributed by atoms with Crippen LogP contribution < -0.4 is 0 Å². The number of ether oxygens (including phenoxy) is 3. The third-order valence-electron chi connectivity index (χ3n) is 1.83. The first-order valence-corrected chi connectivity index (χ1v) is 5.29. The summed E-state index contributed by atoms with van der Waals surface area (Å²) in [4.78, 5) is 11.2. The number of carbonyl (C=O) groups is 1. The van der Waals surface area contributed by atoms with Gasteiger partial charge in [0.1, 0.15) is 6.61 Å². The van der Waals surface area contributed by atoms with E-state index in [0.717, 1.165) is 0 Å². The minimum absolute atomic E-state index is 0.0458. The maximum absolute atomic E-state index is 11.2. The van der Waals surface area contributed by atoms with E-state index in [4.69, 9.17) is 14.2 Å². The SMILES string of the molecule is C/C=C(\C)C(=O)OC(O)COCCOCC. The molecular weight excluding hydrogens is 212 g/mol. The molecule has 94 valence electrons. The number of carbonyl (C=O) groups excluding carboxylic acids is 1. The molecule has 0 saturated carbocycles. The summed E-state index contributed by atoms with van der Waals surface area (Å²) in [6, 6.07) is 0. The van der Waals surface area contributed by atoms with E-state index in [1.54, 1.807) is 19.9 Å². The highest BCUT2D eigenvalue weighted by molar-refractivity contribution is 5.87. The summed E-state index contributed by atoms with van der Waals surface area (Å²) in [5.41, 5.74) is 0.452. The topological polar surface area (TPSA) is 65.0 Å². The van der Waals surface area contributed by atoms with Crippen LogP contribution in [0.1, 0.15) is 20.8 Å². The van der Waals surface area contributed by atoms with Gasteiger partial charge in [0.25, 0.3) is 0 Å². The van der Waals surface area contributed by atoms with Gasteiger partial charge in [-0.1, -0.05) is 6.08 Å². The van der Waals surface area contributed by atoms with Crippen LogP contribution in [-0.4, -0.2) is 43.8 Å². The normalized spacial score (nSPS) is 13.6. The predicted octanol–water partition coefficient (Wildman–Crippen LogP) is 0.867. The van der Waals surface area contributed by atoms with Crippen molar-refractivity contribution in [3.8, 4) is 0 Å². The fourth-order valence-corrected chi connectivity index (χ4v) is 0.815. The minimum Gasteiger partial charge on any atom is -0.430 e. The van der Waals surface area contributed by atoms with Gasteiger partial charge in [-0.3, -0.25) is 0 Å². The van der Waals surface area contributed by atoms with Gasteiger partial charge in [0.05, 0.1) is 13.2 Å². The molecule has 0 aliphatic heterocycles. The molecule has 0 aromatic heterocycles. The van der Waals surface area contributed by atoms with Crippen LogP contribution in [0.4, 0.5) is 0 Å². The zero-order chi connectivity index (χ0) is 12.4. The van der Waals surface area contributed by atoms with E-state index in [9.17, 15) is 9.90 Å². The number of aliphatic hydroxyl groups is 1. The third kappa shape index (κ3) is 7.39. The van der Waals surface area contributed by atoms with Crippen LogP contribution in [0.15, 0.2) is 11.6 Å². The van der Waals surface area contributed by atoms with Gasteiger partial charge in [0.15, 0.2) is 0 Å². The lowest BCUT2D eigenvalue weighted by molar-refractivity contribution is -0.173. The molecule has 0 radical (unpaired) electrons. The second kappa shape index (κ2) is 9.33. The van der Waals surface area contributed by atoms with Crippen molar-refractivity contribution in [3.05, 3.63) is 11.6 Å². The van der Waals surface area contributed by atoms with Crippen LogP contribution in [0.3, 0.4) is 0 Å². The number of aliphatic hydroxyl groups excluding tert-OH is 1. The summed E-state index contributed by atoms with van der Waals surface area (Å²) in [5, 5.41) is 9.28. The molecule has 0 aliphatic rings. The van der Waals surface area contributed by atoms with Crippen molar-refractivity contribution in [2.45, 2.75) is 27.1 Å². The molecule has 0 aliphatic carbocycles. The summed E-state index contributed by atoms with van der Waals surface area (Å²) in [7, 11) is 0. The smallest absolute Gasteiger partial charge is 0.335 e. The molecule has 0 spiro atoms. The molecule has 5 heteroatoms. The molecule has 1 atom stereocenters. The molecule has 0 fully saturated rings. The van der Waals surface area contributed by atoms with Crippen molar-refractivity contribution in [3.63, 3.8) is 0 Å². The maximum atomic E-state index is 11.2. The molecule has 0 amide bonds. The summed E-state index contributed by atoms with van der Waals surface area (Å²) in [6.07, 6.45) is 0.384. The van der Waals surface area contributed by atoms with Crippen molar-refractivity contribution >= 4 is 5.97 Å². The van der Waals surface area contributed by atoms with Crippen molar-refractivity contribution in [1.82, 2.24) is 0 Å². The number of esters is 1. The van der Waals surface area contributed by atoms with Crippen LogP contribution in [0, 0.1) is 0 Å². The van der Waals surface area contributed by atoms with E-state index < -0.39 is 12.3 Å². The largest absolute Gasteiger partial charge is 0.430 e. The van der Waals surface area contributed by atoms with Gasteiger partial charge >= 0.3 is 5.97 Å². The summed E-state index contributed by atoms with van der Waals surface area (Å²) >= 11 is 0. The first kappa shape index (κ1) is 15.1. The van der Waals surface area contributed by atoms with Crippen LogP contribution in [0.2, 0.25) is 0 Å². The zero-order valence-electron chi connectivity index (χ0n) is 10.1. The van der Waals surface area contributed by atoms with Gasteiger partial charge in [0.2, 0.25) is 6.29 Å². The second-order valence-corrected chi connectivity index (χ2v) is 3.10. The van der Waals surface area contributed by atoms with Crippen LogP contribution >= 0.6 is 0 Å². The van der Waals surface area contributed by atoms with E-state index in [0.29, 0.717) is 25.4 Å². The van der Waals surface area contributed by atoms with Gasteiger partial charge in [-0.2, -0.15) is 0 Å². The Morgan fingerprint density at radius 1 is 1.38 bits per heavy atom. The second-order valence-electron chi connectivity index (χ2n) is 3.10. The van der Waals surface area contributed by atoms with E-state index >= 15 is 0 Å². The van der Waals surface area contributed by atoms with Crippen LogP contribution in [0.5, 0.6) is 0 Å². The highest BCUT2D eigenvalue weighted by atomic mass is 16.7. The van der Waals surface area contributed by atoms with E-state index in [1.165, 1.54) is 0 Å². The first-order chi connectivity index (χ1) is 7.61. The number of rotatable bonds is 8. The molecular formula is C11H20O5. The van der Waals surface area contributed by atoms with Gasteiger partial charge in [0, 0.05) is 12.2 Å². The van der Waals surface area contributed by atoms with Gasteiger partial charge < -0.3 is 19.3 Å². The highest BCUT2D eigenvalue weighted by Gasteiger charge is 2.11. The maximum Gasteiger partial charge on any atom is 0.335 e. The van der Waals surface area contributed by atoms with Crippen LogP contribution in [0.25, 0.3) is 0 Å². The molecule has 0 saturated heterocycles. The van der Waals surface area contributed by atoms with Gasteiger partial charge in [-0.05, 0) is 20.8 Å². The quantitative estimate of drug-likeness (QED) is 0.291. The molecule has 0 aromatic carbocycles. The third-order valence-corrected chi connectivity index (χ3v) is 1.83. The Morgan fingerprint density at radius 2 is 2.00 bits per heavy atom. The highest BCUT2D eigenvalue weighted by Crippen LogP contribution is 1.99. The van der Waals surface area contributed by atoms with E-state index in [2.05, 4.69) is 0 Å². The molecule has 0 bridgehead atoms. The fraction of sp³-hybridized carbons (Fsp3) is 0.727. The zero-order valence-corrected chi connectivity index (χ0v) is 10.1. The molecule has 0 heterocycles. The number of hydrogen-bond acceptors (Lipinski definition) is 5. The molecule has 1 unspecified atom stereocenters. The van der Waals surface area contributed by atoms with E-state index in [-0.39, 0.29) is 6.61 Å². The lowest BCUT2D eigenvalue weighted by atomic mass is 10.3. The summed E-state index contributed by atoms with van der Waals surface area (Å²) in [6.45, 7) is 6.64. The van der Waals surface area contributed by atoms with Crippen molar-refractivity contribution in [2.75, 3.05) is 26.4 Å². The summed E-state index contributed by atoms with van der Waals surface area (Å²) < 4.78 is 14.8.